The van der Waals surface area contributed by atoms with Gasteiger partial charge < -0.3 is 10.1 Å². The molecule has 1 aromatic rings. The first-order valence-electron chi connectivity index (χ1n) is 9.16. The van der Waals surface area contributed by atoms with Crippen molar-refractivity contribution in [2.45, 2.75) is 46.0 Å². The molecule has 3 rings (SSSR count). The molecule has 2 N–H and O–H groups in total. The van der Waals surface area contributed by atoms with Gasteiger partial charge in [0.1, 0.15) is 17.5 Å². The van der Waals surface area contributed by atoms with Crippen molar-refractivity contribution in [3.05, 3.63) is 16.2 Å². The lowest BCUT2D eigenvalue weighted by Crippen LogP contribution is -2.54. The summed E-state index contributed by atoms with van der Waals surface area (Å²) in [6.45, 7) is 10.1. The fourth-order valence-corrected chi connectivity index (χ4v) is 3.50. The van der Waals surface area contributed by atoms with Gasteiger partial charge in [-0.2, -0.15) is 4.99 Å². The highest BCUT2D eigenvalue weighted by molar-refractivity contribution is 6.66. The molecular formula is C18H25ClN6O3. The standard InChI is InChI=1S/C18H25ClN6O3/c1-5-6-9-24-12-13(22-16(24)26)21-15(19)25(17(27)28-18(2,3)4)14(12)23-10-7-20-8-11-23/h14,20H,7-11H2,1-4H3,(H,22,26). The highest BCUT2D eigenvalue weighted by Crippen LogP contribution is 2.37. The molecule has 1 unspecified atom stereocenters. The molecule has 0 bridgehead atoms. The molecule has 1 atom stereocenters. The zero-order chi connectivity index (χ0) is 20.5. The van der Waals surface area contributed by atoms with Crippen molar-refractivity contribution in [1.29, 1.82) is 0 Å². The topological polar surface area (TPSA) is 95.0 Å². The molecule has 0 spiro atoms. The molecule has 0 aliphatic carbocycles. The summed E-state index contributed by atoms with van der Waals surface area (Å²) >= 11 is 6.39. The van der Waals surface area contributed by atoms with Gasteiger partial charge in [-0.3, -0.25) is 14.5 Å². The highest BCUT2D eigenvalue weighted by atomic mass is 35.5. The molecule has 9 nitrogen and oxygen atoms in total. The van der Waals surface area contributed by atoms with E-state index in [0.29, 0.717) is 24.6 Å². The van der Waals surface area contributed by atoms with E-state index in [9.17, 15) is 9.59 Å². The van der Waals surface area contributed by atoms with E-state index in [1.165, 1.54) is 9.47 Å². The van der Waals surface area contributed by atoms with Crippen LogP contribution >= 0.6 is 11.6 Å². The number of halogens is 1. The summed E-state index contributed by atoms with van der Waals surface area (Å²) in [7, 11) is 0. The number of nitrogens with one attached hydrogen (secondary N) is 2. The molecule has 1 saturated heterocycles. The van der Waals surface area contributed by atoms with E-state index >= 15 is 0 Å². The van der Waals surface area contributed by atoms with E-state index in [-0.39, 0.29) is 17.5 Å². The number of aromatic nitrogens is 2. The first-order valence-corrected chi connectivity index (χ1v) is 9.54. The van der Waals surface area contributed by atoms with Gasteiger partial charge in [0.05, 0.1) is 6.54 Å². The van der Waals surface area contributed by atoms with Crippen molar-refractivity contribution < 1.29 is 9.53 Å². The number of carbonyl (C=O) groups excluding carboxylic acids is 1. The number of fused-ring (bicyclic) bond motifs is 1. The Kier molecular flexibility index (Phi) is 5.84. The number of hydrogen-bond acceptors (Lipinski definition) is 6. The van der Waals surface area contributed by atoms with Crippen LogP contribution in [0.15, 0.2) is 9.79 Å². The monoisotopic (exact) mass is 408 g/mol. The van der Waals surface area contributed by atoms with Crippen molar-refractivity contribution in [1.82, 2.24) is 24.7 Å². The summed E-state index contributed by atoms with van der Waals surface area (Å²) in [5.41, 5.74) is -0.481. The minimum atomic E-state index is -0.700. The van der Waals surface area contributed by atoms with Crippen LogP contribution in [0.5, 0.6) is 0 Å². The minimum absolute atomic E-state index is 0.0414. The molecule has 2 aliphatic rings. The molecule has 28 heavy (non-hydrogen) atoms. The minimum Gasteiger partial charge on any atom is -0.443 e. The van der Waals surface area contributed by atoms with Gasteiger partial charge in [-0.05, 0) is 39.3 Å². The Morgan fingerprint density at radius 3 is 2.64 bits per heavy atom. The maximum atomic E-state index is 13.0. The van der Waals surface area contributed by atoms with Crippen LogP contribution < -0.4 is 11.0 Å². The number of aromatic amines is 1. The third kappa shape index (κ3) is 4.09. The fourth-order valence-electron chi connectivity index (χ4n) is 3.25. The zero-order valence-electron chi connectivity index (χ0n) is 16.5. The molecule has 10 heteroatoms. The summed E-state index contributed by atoms with van der Waals surface area (Å²) in [5, 5.41) is 3.25. The van der Waals surface area contributed by atoms with Crippen LogP contribution in [0.1, 0.15) is 39.6 Å². The molecule has 1 fully saturated rings. The number of hydrogen-bond donors (Lipinski definition) is 2. The summed E-state index contributed by atoms with van der Waals surface area (Å²) in [6.07, 6.45) is -1.23. The van der Waals surface area contributed by atoms with E-state index in [1.807, 2.05) is 0 Å². The number of piperazine rings is 1. The van der Waals surface area contributed by atoms with Gasteiger partial charge >= 0.3 is 11.8 Å². The number of amides is 1. The van der Waals surface area contributed by atoms with Crippen molar-refractivity contribution in [2.24, 2.45) is 4.99 Å². The van der Waals surface area contributed by atoms with Crippen LogP contribution in [0, 0.1) is 11.8 Å². The molecule has 1 aromatic heterocycles. The van der Waals surface area contributed by atoms with Crippen LogP contribution in [0.2, 0.25) is 0 Å². The van der Waals surface area contributed by atoms with E-state index in [0.717, 1.165) is 13.1 Å². The quantitative estimate of drug-likeness (QED) is 0.572. The van der Waals surface area contributed by atoms with Gasteiger partial charge in [0.2, 0.25) is 5.29 Å². The zero-order valence-corrected chi connectivity index (χ0v) is 17.3. The van der Waals surface area contributed by atoms with Gasteiger partial charge in [-0.1, -0.05) is 5.92 Å². The Morgan fingerprint density at radius 1 is 1.36 bits per heavy atom. The second kappa shape index (κ2) is 7.99. The lowest BCUT2D eigenvalue weighted by molar-refractivity contribution is 0.00607. The Morgan fingerprint density at radius 2 is 2.04 bits per heavy atom. The largest absolute Gasteiger partial charge is 0.443 e. The Labute approximate surface area is 168 Å². The highest BCUT2D eigenvalue weighted by Gasteiger charge is 2.43. The van der Waals surface area contributed by atoms with E-state index in [4.69, 9.17) is 16.3 Å². The number of imidazole rings is 1. The van der Waals surface area contributed by atoms with Crippen LogP contribution in [0.3, 0.4) is 0 Å². The Balaban J connectivity index is 2.11. The molecule has 152 valence electrons. The normalized spacial score (nSPS) is 20.1. The summed E-state index contributed by atoms with van der Waals surface area (Å²) in [4.78, 5) is 35.9. The number of rotatable bonds is 2. The van der Waals surface area contributed by atoms with Crippen LogP contribution in [-0.2, 0) is 11.3 Å². The maximum absolute atomic E-state index is 13.0. The van der Waals surface area contributed by atoms with Gasteiger partial charge in [-0.25, -0.2) is 14.5 Å². The summed E-state index contributed by atoms with van der Waals surface area (Å²) < 4.78 is 7.07. The van der Waals surface area contributed by atoms with Crippen molar-refractivity contribution in [3.63, 3.8) is 0 Å². The third-order valence-electron chi connectivity index (χ3n) is 4.40. The predicted octanol–water partition coefficient (Wildman–Crippen LogP) is 1.58. The van der Waals surface area contributed by atoms with Crippen molar-refractivity contribution >= 4 is 28.8 Å². The van der Waals surface area contributed by atoms with Gasteiger partial charge in [-0.15, -0.1) is 5.92 Å². The van der Waals surface area contributed by atoms with E-state index < -0.39 is 17.9 Å². The maximum Gasteiger partial charge on any atom is 0.418 e. The Hall–Kier alpha value is -2.28. The van der Waals surface area contributed by atoms with Crippen molar-refractivity contribution in [2.75, 3.05) is 26.2 Å². The van der Waals surface area contributed by atoms with Crippen LogP contribution in [-0.4, -0.2) is 62.5 Å². The number of H-pyrrole nitrogens is 1. The SMILES string of the molecule is CC#CCn1c2c([nH]c1=O)N=C(Cl)N(C(=O)OC(C)(C)C)C2N1CCNCC1. The fraction of sp³-hybridized carbons (Fsp3) is 0.611. The molecular weight excluding hydrogens is 384 g/mol. The number of nitrogens with zero attached hydrogens (tertiary/aromatic N) is 4. The number of carbonyl (C=O) groups is 1. The van der Waals surface area contributed by atoms with Gasteiger partial charge in [0.25, 0.3) is 0 Å². The number of amidine groups is 1. The molecule has 1 amide bonds. The van der Waals surface area contributed by atoms with E-state index in [2.05, 4.69) is 32.0 Å². The van der Waals surface area contributed by atoms with Crippen molar-refractivity contribution in [3.8, 4) is 11.8 Å². The Bertz CT molecular complexity index is 895. The molecule has 3 heterocycles. The lowest BCUT2D eigenvalue weighted by Gasteiger charge is -2.42. The third-order valence-corrected chi connectivity index (χ3v) is 4.66. The molecule has 0 aromatic carbocycles. The van der Waals surface area contributed by atoms with Crippen LogP contribution in [0.25, 0.3) is 0 Å². The second-order valence-electron chi connectivity index (χ2n) is 7.57. The second-order valence-corrected chi connectivity index (χ2v) is 7.91. The average Bonchev–Trinajstić information content (AvgIpc) is 2.92. The van der Waals surface area contributed by atoms with Gasteiger partial charge in [0.15, 0.2) is 5.82 Å². The summed E-state index contributed by atoms with van der Waals surface area (Å²) in [5.74, 6) is 6.04. The first kappa shape index (κ1) is 20.5. The summed E-state index contributed by atoms with van der Waals surface area (Å²) in [6, 6.07) is 0. The van der Waals surface area contributed by atoms with Crippen LogP contribution in [0.4, 0.5) is 10.6 Å². The number of aliphatic imine (C=N–C) groups is 1. The lowest BCUT2D eigenvalue weighted by atomic mass is 10.2. The molecule has 0 saturated carbocycles. The first-order chi connectivity index (χ1) is 13.2. The van der Waals surface area contributed by atoms with E-state index in [1.54, 1.807) is 27.7 Å². The molecule has 2 aliphatic heterocycles. The smallest absolute Gasteiger partial charge is 0.418 e. The predicted molar refractivity (Wildman–Crippen MR) is 107 cm³/mol. The molecule has 0 radical (unpaired) electrons. The average molecular weight is 409 g/mol. The van der Waals surface area contributed by atoms with Gasteiger partial charge in [0, 0.05) is 26.2 Å². The number of ether oxygens (including phenoxy) is 1.